The Labute approximate surface area is 107 Å². The third-order valence-electron chi connectivity index (χ3n) is 3.33. The third kappa shape index (κ3) is 3.44. The van der Waals surface area contributed by atoms with Gasteiger partial charge in [-0.15, -0.1) is 0 Å². The van der Waals surface area contributed by atoms with E-state index < -0.39 is 32.4 Å². The van der Waals surface area contributed by atoms with Crippen LogP contribution in [0.1, 0.15) is 32.6 Å². The van der Waals surface area contributed by atoms with Crippen molar-refractivity contribution in [2.24, 2.45) is 11.1 Å². The summed E-state index contributed by atoms with van der Waals surface area (Å²) in [6.07, 6.45) is 1.57. The van der Waals surface area contributed by atoms with Gasteiger partial charge < -0.3 is 10.5 Å². The number of sulfone groups is 1. The Morgan fingerprint density at radius 3 is 2.28 bits per heavy atom. The number of hydrogen-bond acceptors (Lipinski definition) is 5. The number of hydrogen-bond donors (Lipinski definition) is 1. The summed E-state index contributed by atoms with van der Waals surface area (Å²) in [5.74, 6) is -1.42. The number of methoxy groups -OCH3 is 1. The maximum Gasteiger partial charge on any atom is 0.306 e. The van der Waals surface area contributed by atoms with Crippen LogP contribution in [0.5, 0.6) is 0 Å². The molecule has 1 unspecified atom stereocenters. The first-order chi connectivity index (χ1) is 8.26. The van der Waals surface area contributed by atoms with Crippen molar-refractivity contribution in [1.82, 2.24) is 0 Å². The van der Waals surface area contributed by atoms with E-state index in [-0.39, 0.29) is 18.6 Å². The maximum absolute atomic E-state index is 12.1. The molecule has 0 saturated heterocycles. The van der Waals surface area contributed by atoms with Crippen molar-refractivity contribution >= 4 is 21.7 Å². The summed E-state index contributed by atoms with van der Waals surface area (Å²) in [6, 6.07) is 0. The van der Waals surface area contributed by atoms with Gasteiger partial charge in [-0.25, -0.2) is 8.42 Å². The van der Waals surface area contributed by atoms with Crippen LogP contribution in [-0.2, 0) is 24.2 Å². The molecule has 6 nitrogen and oxygen atoms in total. The summed E-state index contributed by atoms with van der Waals surface area (Å²) < 4.78 is 28.7. The van der Waals surface area contributed by atoms with Gasteiger partial charge in [0.25, 0.3) is 0 Å². The van der Waals surface area contributed by atoms with Crippen LogP contribution in [0.3, 0.4) is 0 Å². The van der Waals surface area contributed by atoms with Crippen molar-refractivity contribution in [3.05, 3.63) is 0 Å². The molecular formula is C11H19NO5S. The van der Waals surface area contributed by atoms with Crippen LogP contribution in [0, 0.1) is 5.41 Å². The van der Waals surface area contributed by atoms with Crippen LogP contribution in [0.2, 0.25) is 0 Å². The highest BCUT2D eigenvalue weighted by atomic mass is 32.2. The van der Waals surface area contributed by atoms with Crippen molar-refractivity contribution < 1.29 is 22.7 Å². The predicted molar refractivity (Wildman–Crippen MR) is 65.4 cm³/mol. The predicted octanol–water partition coefficient (Wildman–Crippen LogP) is 0.00840. The average molecular weight is 277 g/mol. The Balaban J connectivity index is 2.77. The molecule has 0 radical (unpaired) electrons. The molecule has 0 bridgehead atoms. The van der Waals surface area contributed by atoms with Gasteiger partial charge in [0.2, 0.25) is 5.91 Å². The summed E-state index contributed by atoms with van der Waals surface area (Å²) in [6.45, 7) is 1.60. The van der Waals surface area contributed by atoms with Crippen LogP contribution >= 0.6 is 0 Å². The number of rotatable bonds is 7. The van der Waals surface area contributed by atoms with Crippen LogP contribution in [0.4, 0.5) is 0 Å². The Hall–Kier alpha value is -1.11. The van der Waals surface area contributed by atoms with Gasteiger partial charge in [0.1, 0.15) is 5.25 Å². The van der Waals surface area contributed by atoms with E-state index in [0.29, 0.717) is 12.8 Å². The van der Waals surface area contributed by atoms with Crippen LogP contribution in [-0.4, -0.2) is 38.4 Å². The van der Waals surface area contributed by atoms with E-state index in [1.807, 2.05) is 0 Å². The molecule has 0 aromatic carbocycles. The van der Waals surface area contributed by atoms with E-state index in [4.69, 9.17) is 5.73 Å². The lowest BCUT2D eigenvalue weighted by Crippen LogP contribution is -2.39. The number of esters is 1. The number of primary amides is 1. The highest BCUT2D eigenvalue weighted by molar-refractivity contribution is 7.92. The molecule has 7 heteroatoms. The molecule has 18 heavy (non-hydrogen) atoms. The van der Waals surface area contributed by atoms with E-state index in [1.54, 1.807) is 6.92 Å². The molecule has 0 heterocycles. The third-order valence-corrected chi connectivity index (χ3v) is 5.78. The summed E-state index contributed by atoms with van der Waals surface area (Å²) in [5.41, 5.74) is 4.54. The van der Waals surface area contributed by atoms with Gasteiger partial charge in [-0.05, 0) is 24.7 Å². The van der Waals surface area contributed by atoms with Crippen molar-refractivity contribution in [3.8, 4) is 0 Å². The van der Waals surface area contributed by atoms with Crippen molar-refractivity contribution in [2.75, 3.05) is 12.9 Å². The van der Waals surface area contributed by atoms with Crippen LogP contribution < -0.4 is 5.73 Å². The normalized spacial score (nSPS) is 19.0. The van der Waals surface area contributed by atoms with Gasteiger partial charge >= 0.3 is 5.97 Å². The summed E-state index contributed by atoms with van der Waals surface area (Å²) in [5, 5.41) is -1.16. The van der Waals surface area contributed by atoms with E-state index in [2.05, 4.69) is 4.74 Å². The minimum atomic E-state index is -3.60. The lowest BCUT2D eigenvalue weighted by Gasteiger charge is -2.18. The molecule has 2 N–H and O–H groups in total. The Morgan fingerprint density at radius 2 is 1.94 bits per heavy atom. The van der Waals surface area contributed by atoms with E-state index in [9.17, 15) is 18.0 Å². The molecule has 1 fully saturated rings. The minimum absolute atomic E-state index is 0.0813. The van der Waals surface area contributed by atoms with Gasteiger partial charge in [-0.2, -0.15) is 0 Å². The molecule has 0 aromatic heterocycles. The first-order valence-corrected chi connectivity index (χ1v) is 7.55. The quantitative estimate of drug-likeness (QED) is 0.660. The largest absolute Gasteiger partial charge is 0.469 e. The van der Waals surface area contributed by atoms with Crippen LogP contribution in [0.15, 0.2) is 0 Å². The first-order valence-electron chi connectivity index (χ1n) is 5.84. The number of ether oxygens (including phenoxy) is 1. The Kier molecular flexibility index (Phi) is 4.37. The smallest absolute Gasteiger partial charge is 0.306 e. The zero-order chi connectivity index (χ0) is 14.0. The fraction of sp³-hybridized carbons (Fsp3) is 0.818. The fourth-order valence-corrected chi connectivity index (χ4v) is 4.39. The molecule has 104 valence electrons. The second kappa shape index (κ2) is 5.26. The monoisotopic (exact) mass is 277 g/mol. The number of carbonyl (C=O) groups is 2. The molecule has 0 aromatic rings. The number of nitrogens with two attached hydrogens (primary N) is 1. The molecular weight excluding hydrogens is 258 g/mol. The van der Waals surface area contributed by atoms with Gasteiger partial charge in [-0.3, -0.25) is 9.59 Å². The standard InChI is InChI=1S/C11H19NO5S/c1-3-8(10(12)14)18(15,16)7-11(4-5-11)6-9(13)17-2/h8H,3-7H2,1-2H3,(H2,12,14). The summed E-state index contributed by atoms with van der Waals surface area (Å²) >= 11 is 0. The highest BCUT2D eigenvalue weighted by Crippen LogP contribution is 2.50. The fourth-order valence-electron chi connectivity index (χ4n) is 2.09. The Bertz CT molecular complexity index is 438. The van der Waals surface area contributed by atoms with Gasteiger partial charge in [0, 0.05) is 0 Å². The Morgan fingerprint density at radius 1 is 1.39 bits per heavy atom. The summed E-state index contributed by atoms with van der Waals surface area (Å²) in [4.78, 5) is 22.3. The topological polar surface area (TPSA) is 104 Å². The van der Waals surface area contributed by atoms with Gasteiger partial charge in [0.05, 0.1) is 19.3 Å². The van der Waals surface area contributed by atoms with Crippen LogP contribution in [0.25, 0.3) is 0 Å². The van der Waals surface area contributed by atoms with Crippen molar-refractivity contribution in [2.45, 2.75) is 37.9 Å². The zero-order valence-corrected chi connectivity index (χ0v) is 11.5. The first kappa shape index (κ1) is 14.9. The molecule has 1 atom stereocenters. The van der Waals surface area contributed by atoms with Crippen molar-refractivity contribution in [3.63, 3.8) is 0 Å². The molecule has 1 amide bonds. The number of carbonyl (C=O) groups excluding carboxylic acids is 2. The molecule has 0 spiro atoms. The second-order valence-electron chi connectivity index (χ2n) is 4.86. The van der Waals surface area contributed by atoms with Gasteiger partial charge in [0.15, 0.2) is 9.84 Å². The van der Waals surface area contributed by atoms with E-state index in [0.717, 1.165) is 0 Å². The molecule has 0 aliphatic heterocycles. The molecule has 1 rings (SSSR count). The number of amides is 1. The lowest BCUT2D eigenvalue weighted by atomic mass is 10.1. The van der Waals surface area contributed by atoms with E-state index >= 15 is 0 Å². The molecule has 1 aliphatic carbocycles. The average Bonchev–Trinajstić information content (AvgIpc) is 2.96. The van der Waals surface area contributed by atoms with Crippen molar-refractivity contribution in [1.29, 1.82) is 0 Å². The highest BCUT2D eigenvalue weighted by Gasteiger charge is 2.49. The SMILES string of the molecule is CCC(C(N)=O)S(=O)(=O)CC1(CC(=O)OC)CC1. The zero-order valence-electron chi connectivity index (χ0n) is 10.6. The minimum Gasteiger partial charge on any atom is -0.469 e. The molecule has 1 saturated carbocycles. The molecule has 1 aliphatic rings. The second-order valence-corrected chi connectivity index (χ2v) is 7.04. The van der Waals surface area contributed by atoms with Gasteiger partial charge in [-0.1, -0.05) is 6.92 Å². The maximum atomic E-state index is 12.1. The summed E-state index contributed by atoms with van der Waals surface area (Å²) in [7, 11) is -2.33. The van der Waals surface area contributed by atoms with E-state index in [1.165, 1.54) is 7.11 Å². The lowest BCUT2D eigenvalue weighted by molar-refractivity contribution is -0.141.